The fourth-order valence-corrected chi connectivity index (χ4v) is 3.15. The maximum Gasteiger partial charge on any atom is 0.308 e. The molecule has 1 N–H and O–H groups in total. The van der Waals surface area contributed by atoms with Crippen LogP contribution in [-0.2, 0) is 16.0 Å². The molecular weight excluding hydrogens is 292 g/mol. The number of piperidine rings is 1. The number of pyridine rings is 1. The minimum Gasteiger partial charge on any atom is -0.481 e. The number of carbonyl (C=O) groups excluding carboxylic acids is 1. The molecule has 1 fully saturated rings. The summed E-state index contributed by atoms with van der Waals surface area (Å²) in [5.41, 5.74) is 1.76. The summed E-state index contributed by atoms with van der Waals surface area (Å²) in [6.45, 7) is 2.28. The third-order valence-electron chi connectivity index (χ3n) is 4.55. The molecule has 1 saturated heterocycles. The molecule has 5 nitrogen and oxygen atoms in total. The van der Waals surface area contributed by atoms with E-state index in [0.717, 1.165) is 22.9 Å². The van der Waals surface area contributed by atoms with Crippen LogP contribution in [0.2, 0.25) is 0 Å². The SMILES string of the molecule is CC1CCC(C(=O)O)CN1C(=O)Cc1cnc2ccccc2c1. The molecule has 0 aliphatic carbocycles. The van der Waals surface area contributed by atoms with Crippen molar-refractivity contribution < 1.29 is 14.7 Å². The highest BCUT2D eigenvalue weighted by atomic mass is 16.4. The number of benzene rings is 1. The highest BCUT2D eigenvalue weighted by Gasteiger charge is 2.32. The van der Waals surface area contributed by atoms with Gasteiger partial charge in [-0.1, -0.05) is 18.2 Å². The summed E-state index contributed by atoms with van der Waals surface area (Å²) in [5, 5.41) is 10.2. The zero-order valence-electron chi connectivity index (χ0n) is 13.1. The molecule has 0 bridgehead atoms. The number of nitrogens with zero attached hydrogens (tertiary/aromatic N) is 2. The van der Waals surface area contributed by atoms with Crippen LogP contribution in [0, 0.1) is 5.92 Å². The smallest absolute Gasteiger partial charge is 0.308 e. The average Bonchev–Trinajstić information content (AvgIpc) is 2.54. The largest absolute Gasteiger partial charge is 0.481 e. The van der Waals surface area contributed by atoms with Crippen LogP contribution in [0.15, 0.2) is 36.5 Å². The highest BCUT2D eigenvalue weighted by Crippen LogP contribution is 2.23. The van der Waals surface area contributed by atoms with Crippen molar-refractivity contribution >= 4 is 22.8 Å². The molecule has 1 aliphatic heterocycles. The van der Waals surface area contributed by atoms with E-state index in [1.54, 1.807) is 11.1 Å². The van der Waals surface area contributed by atoms with Crippen molar-refractivity contribution in [3.63, 3.8) is 0 Å². The second-order valence-electron chi connectivity index (χ2n) is 6.22. The van der Waals surface area contributed by atoms with Gasteiger partial charge in [0.25, 0.3) is 0 Å². The Morgan fingerprint density at radius 1 is 1.30 bits per heavy atom. The quantitative estimate of drug-likeness (QED) is 0.945. The first-order chi connectivity index (χ1) is 11.0. The molecule has 1 aliphatic rings. The van der Waals surface area contributed by atoms with Crippen LogP contribution in [0.5, 0.6) is 0 Å². The fraction of sp³-hybridized carbons (Fsp3) is 0.389. The van der Waals surface area contributed by atoms with Crippen molar-refractivity contribution in [1.29, 1.82) is 0 Å². The number of aliphatic carboxylic acids is 1. The van der Waals surface area contributed by atoms with E-state index in [1.165, 1.54) is 0 Å². The number of fused-ring (bicyclic) bond motifs is 1. The monoisotopic (exact) mass is 312 g/mol. The van der Waals surface area contributed by atoms with E-state index in [-0.39, 0.29) is 18.4 Å². The number of hydrogen-bond donors (Lipinski definition) is 1. The molecule has 1 aromatic heterocycles. The van der Waals surface area contributed by atoms with Crippen LogP contribution in [-0.4, -0.2) is 39.5 Å². The van der Waals surface area contributed by atoms with Gasteiger partial charge in [-0.2, -0.15) is 0 Å². The molecule has 2 aromatic rings. The van der Waals surface area contributed by atoms with Gasteiger partial charge in [-0.05, 0) is 37.5 Å². The Balaban J connectivity index is 1.75. The van der Waals surface area contributed by atoms with Crippen molar-refractivity contribution in [3.05, 3.63) is 42.1 Å². The van der Waals surface area contributed by atoms with Crippen LogP contribution in [0.25, 0.3) is 10.9 Å². The molecule has 5 heteroatoms. The predicted molar refractivity (Wildman–Crippen MR) is 87.0 cm³/mol. The Kier molecular flexibility index (Phi) is 4.28. The van der Waals surface area contributed by atoms with Crippen LogP contribution in [0.1, 0.15) is 25.3 Å². The van der Waals surface area contributed by atoms with Gasteiger partial charge in [0.15, 0.2) is 0 Å². The molecule has 1 aromatic carbocycles. The normalized spacial score (nSPS) is 21.3. The molecule has 2 atom stereocenters. The molecule has 2 heterocycles. The van der Waals surface area contributed by atoms with E-state index in [1.807, 2.05) is 37.3 Å². The zero-order valence-corrected chi connectivity index (χ0v) is 13.1. The third kappa shape index (κ3) is 3.33. The molecular formula is C18H20N2O3. The van der Waals surface area contributed by atoms with E-state index >= 15 is 0 Å². The van der Waals surface area contributed by atoms with Crippen molar-refractivity contribution in [2.75, 3.05) is 6.54 Å². The molecule has 0 saturated carbocycles. The first-order valence-electron chi connectivity index (χ1n) is 7.90. The number of aromatic nitrogens is 1. The van der Waals surface area contributed by atoms with Gasteiger partial charge in [0, 0.05) is 24.2 Å². The lowest BCUT2D eigenvalue weighted by atomic mass is 9.93. The van der Waals surface area contributed by atoms with E-state index in [2.05, 4.69) is 4.98 Å². The van der Waals surface area contributed by atoms with Gasteiger partial charge in [-0.15, -0.1) is 0 Å². The van der Waals surface area contributed by atoms with Crippen molar-refractivity contribution in [2.45, 2.75) is 32.2 Å². The maximum absolute atomic E-state index is 12.6. The average molecular weight is 312 g/mol. The molecule has 120 valence electrons. The lowest BCUT2D eigenvalue weighted by Gasteiger charge is -2.36. The predicted octanol–water partition coefficient (Wildman–Crippen LogP) is 2.49. The van der Waals surface area contributed by atoms with Crippen LogP contribution >= 0.6 is 0 Å². The topological polar surface area (TPSA) is 70.5 Å². The maximum atomic E-state index is 12.6. The number of rotatable bonds is 3. The Labute approximate surface area is 134 Å². The summed E-state index contributed by atoms with van der Waals surface area (Å²) in [5.74, 6) is -1.30. The molecule has 23 heavy (non-hydrogen) atoms. The summed E-state index contributed by atoms with van der Waals surface area (Å²) in [6.07, 6.45) is 3.36. The molecule has 3 rings (SSSR count). The Morgan fingerprint density at radius 2 is 2.09 bits per heavy atom. The van der Waals surface area contributed by atoms with Crippen LogP contribution in [0.3, 0.4) is 0 Å². The van der Waals surface area contributed by atoms with Gasteiger partial charge >= 0.3 is 5.97 Å². The first kappa shape index (κ1) is 15.5. The second-order valence-corrected chi connectivity index (χ2v) is 6.22. The number of likely N-dealkylation sites (tertiary alicyclic amines) is 1. The van der Waals surface area contributed by atoms with Gasteiger partial charge in [0.1, 0.15) is 0 Å². The Morgan fingerprint density at radius 3 is 2.87 bits per heavy atom. The Bertz CT molecular complexity index is 744. The van der Waals surface area contributed by atoms with Gasteiger partial charge in [0.2, 0.25) is 5.91 Å². The molecule has 1 amide bonds. The minimum atomic E-state index is -0.818. The molecule has 0 radical (unpaired) electrons. The summed E-state index contributed by atoms with van der Waals surface area (Å²) >= 11 is 0. The number of carboxylic acids is 1. The number of para-hydroxylation sites is 1. The Hall–Kier alpha value is -2.43. The lowest BCUT2D eigenvalue weighted by molar-refractivity contribution is -0.146. The van der Waals surface area contributed by atoms with Gasteiger partial charge in [0.05, 0.1) is 17.9 Å². The van der Waals surface area contributed by atoms with Crippen LogP contribution in [0.4, 0.5) is 0 Å². The fourth-order valence-electron chi connectivity index (χ4n) is 3.15. The summed E-state index contributed by atoms with van der Waals surface area (Å²) in [6, 6.07) is 9.85. The zero-order chi connectivity index (χ0) is 16.4. The highest BCUT2D eigenvalue weighted by molar-refractivity contribution is 5.83. The van der Waals surface area contributed by atoms with Gasteiger partial charge in [-0.3, -0.25) is 14.6 Å². The summed E-state index contributed by atoms with van der Waals surface area (Å²) in [4.78, 5) is 29.9. The summed E-state index contributed by atoms with van der Waals surface area (Å²) < 4.78 is 0. The third-order valence-corrected chi connectivity index (χ3v) is 4.55. The molecule has 0 spiro atoms. The van der Waals surface area contributed by atoms with Crippen molar-refractivity contribution in [2.24, 2.45) is 5.92 Å². The van der Waals surface area contributed by atoms with Gasteiger partial charge in [-0.25, -0.2) is 0 Å². The number of hydrogen-bond acceptors (Lipinski definition) is 3. The van der Waals surface area contributed by atoms with Crippen LogP contribution < -0.4 is 0 Å². The summed E-state index contributed by atoms with van der Waals surface area (Å²) in [7, 11) is 0. The first-order valence-corrected chi connectivity index (χ1v) is 7.90. The lowest BCUT2D eigenvalue weighted by Crippen LogP contribution is -2.47. The van der Waals surface area contributed by atoms with Crippen molar-refractivity contribution in [1.82, 2.24) is 9.88 Å². The van der Waals surface area contributed by atoms with Gasteiger partial charge < -0.3 is 10.0 Å². The second kappa shape index (κ2) is 6.36. The number of carboxylic acid groups (broad SMARTS) is 1. The number of amides is 1. The van der Waals surface area contributed by atoms with Crippen molar-refractivity contribution in [3.8, 4) is 0 Å². The van der Waals surface area contributed by atoms with E-state index in [0.29, 0.717) is 13.0 Å². The van der Waals surface area contributed by atoms with E-state index in [4.69, 9.17) is 0 Å². The minimum absolute atomic E-state index is 0.0273. The standard InChI is InChI=1S/C18H20N2O3/c1-12-6-7-15(18(22)23)11-20(12)17(21)9-13-8-14-4-2-3-5-16(14)19-10-13/h2-5,8,10,12,15H,6-7,9,11H2,1H3,(H,22,23). The van der Waals surface area contributed by atoms with E-state index in [9.17, 15) is 14.7 Å². The molecule has 2 unspecified atom stereocenters. The number of carbonyl (C=O) groups is 2. The van der Waals surface area contributed by atoms with E-state index < -0.39 is 11.9 Å².